The van der Waals surface area contributed by atoms with Crippen molar-refractivity contribution >= 4 is 0 Å². The minimum absolute atomic E-state index is 0.672. The molecule has 2 heteroatoms. The fraction of sp³-hybridized carbons (Fsp3) is 0.684. The molecule has 3 rings (SSSR count). The fourth-order valence-electron chi connectivity index (χ4n) is 3.96. The number of benzene rings is 1. The van der Waals surface area contributed by atoms with E-state index < -0.39 is 0 Å². The minimum Gasteiger partial charge on any atom is -0.311 e. The lowest BCUT2D eigenvalue weighted by molar-refractivity contribution is 0.105. The summed E-state index contributed by atoms with van der Waals surface area (Å²) in [5.41, 5.74) is 5.88. The summed E-state index contributed by atoms with van der Waals surface area (Å²) in [5, 5.41) is 3.75. The van der Waals surface area contributed by atoms with Gasteiger partial charge >= 0.3 is 0 Å². The summed E-state index contributed by atoms with van der Waals surface area (Å²) in [4.78, 5) is 2.77. The molecule has 21 heavy (non-hydrogen) atoms. The molecule has 0 amide bonds. The Morgan fingerprint density at radius 2 is 1.81 bits per heavy atom. The molecule has 0 spiro atoms. The van der Waals surface area contributed by atoms with Crippen LogP contribution in [0.25, 0.3) is 0 Å². The summed E-state index contributed by atoms with van der Waals surface area (Å²) in [6.07, 6.45) is 4.11. The maximum atomic E-state index is 3.75. The molecule has 0 radical (unpaired) electrons. The van der Waals surface area contributed by atoms with Crippen LogP contribution in [0.4, 0.5) is 0 Å². The highest BCUT2D eigenvalue weighted by atomic mass is 15.2. The van der Waals surface area contributed by atoms with Crippen molar-refractivity contribution in [2.75, 3.05) is 13.1 Å². The smallest absolute Gasteiger partial charge is 0.0253 e. The summed E-state index contributed by atoms with van der Waals surface area (Å²) < 4.78 is 0. The van der Waals surface area contributed by atoms with Gasteiger partial charge in [-0.15, -0.1) is 0 Å². The molecule has 0 bridgehead atoms. The molecule has 1 aliphatic heterocycles. The molecule has 0 aromatic heterocycles. The molecular weight excluding hydrogens is 256 g/mol. The van der Waals surface area contributed by atoms with E-state index in [-0.39, 0.29) is 0 Å². The molecule has 1 aromatic rings. The summed E-state index contributed by atoms with van der Waals surface area (Å²) in [7, 11) is 0. The second-order valence-electron chi connectivity index (χ2n) is 7.22. The summed E-state index contributed by atoms with van der Waals surface area (Å²) in [6, 6.07) is 6.11. The van der Waals surface area contributed by atoms with Crippen molar-refractivity contribution in [3.05, 3.63) is 34.4 Å². The van der Waals surface area contributed by atoms with Crippen molar-refractivity contribution in [2.45, 2.75) is 65.6 Å². The molecular formula is C19H30N2. The van der Waals surface area contributed by atoms with Crippen LogP contribution in [0.3, 0.4) is 0 Å². The van der Waals surface area contributed by atoms with Crippen molar-refractivity contribution in [3.8, 4) is 0 Å². The SMILES string of the molecule is CCC1CN(Cc2c(C)cc(C)cc2C)C(C2CC2)CN1. The van der Waals surface area contributed by atoms with Crippen LogP contribution in [0.5, 0.6) is 0 Å². The Morgan fingerprint density at radius 1 is 1.14 bits per heavy atom. The zero-order valence-electron chi connectivity index (χ0n) is 14.1. The first-order chi connectivity index (χ1) is 10.1. The van der Waals surface area contributed by atoms with Crippen molar-refractivity contribution in [3.63, 3.8) is 0 Å². The Balaban J connectivity index is 1.80. The van der Waals surface area contributed by atoms with E-state index in [1.165, 1.54) is 49.0 Å². The third kappa shape index (κ3) is 3.32. The number of hydrogen-bond donors (Lipinski definition) is 1. The monoisotopic (exact) mass is 286 g/mol. The number of rotatable bonds is 4. The van der Waals surface area contributed by atoms with Crippen molar-refractivity contribution < 1.29 is 0 Å². The van der Waals surface area contributed by atoms with Gasteiger partial charge in [-0.25, -0.2) is 0 Å². The second kappa shape index (κ2) is 6.10. The third-order valence-electron chi connectivity index (χ3n) is 5.40. The first-order valence-electron chi connectivity index (χ1n) is 8.62. The van der Waals surface area contributed by atoms with E-state index in [9.17, 15) is 0 Å². The lowest BCUT2D eigenvalue weighted by Gasteiger charge is -2.41. The minimum atomic E-state index is 0.672. The number of piperazine rings is 1. The number of nitrogens with zero attached hydrogens (tertiary/aromatic N) is 1. The topological polar surface area (TPSA) is 15.3 Å². The lowest BCUT2D eigenvalue weighted by Crippen LogP contribution is -2.56. The molecule has 1 N–H and O–H groups in total. The Bertz CT molecular complexity index is 481. The van der Waals surface area contributed by atoms with E-state index in [1.807, 2.05) is 0 Å². The predicted octanol–water partition coefficient (Wildman–Crippen LogP) is 3.57. The van der Waals surface area contributed by atoms with E-state index in [0.29, 0.717) is 6.04 Å². The molecule has 2 aliphatic rings. The van der Waals surface area contributed by atoms with Crippen LogP contribution in [0.15, 0.2) is 12.1 Å². The molecule has 1 aliphatic carbocycles. The Morgan fingerprint density at radius 3 is 2.38 bits per heavy atom. The molecule has 2 fully saturated rings. The van der Waals surface area contributed by atoms with E-state index in [0.717, 1.165) is 18.5 Å². The molecule has 2 atom stereocenters. The van der Waals surface area contributed by atoms with Gasteiger partial charge in [0.15, 0.2) is 0 Å². The third-order valence-corrected chi connectivity index (χ3v) is 5.40. The molecule has 1 saturated carbocycles. The number of aryl methyl sites for hydroxylation is 3. The van der Waals surface area contributed by atoms with E-state index in [4.69, 9.17) is 0 Å². The molecule has 2 nitrogen and oxygen atoms in total. The van der Waals surface area contributed by atoms with E-state index in [2.05, 4.69) is 50.0 Å². The Kier molecular flexibility index (Phi) is 4.37. The van der Waals surface area contributed by atoms with Gasteiger partial charge in [0.05, 0.1) is 0 Å². The normalized spacial score (nSPS) is 27.0. The van der Waals surface area contributed by atoms with Gasteiger partial charge in [-0.3, -0.25) is 4.90 Å². The fourth-order valence-corrected chi connectivity index (χ4v) is 3.96. The highest BCUT2D eigenvalue weighted by Gasteiger charge is 2.38. The van der Waals surface area contributed by atoms with Gasteiger partial charge in [0, 0.05) is 31.7 Å². The lowest BCUT2D eigenvalue weighted by atomic mass is 9.96. The molecule has 1 aromatic carbocycles. The van der Waals surface area contributed by atoms with Gasteiger partial charge in [-0.05, 0) is 62.6 Å². The van der Waals surface area contributed by atoms with Gasteiger partial charge in [0.1, 0.15) is 0 Å². The first-order valence-corrected chi connectivity index (χ1v) is 8.62. The maximum absolute atomic E-state index is 3.75. The number of hydrogen-bond acceptors (Lipinski definition) is 2. The second-order valence-corrected chi connectivity index (χ2v) is 7.22. The van der Waals surface area contributed by atoms with Gasteiger partial charge in [-0.2, -0.15) is 0 Å². The Labute approximate surface area is 129 Å². The van der Waals surface area contributed by atoms with Crippen LogP contribution >= 0.6 is 0 Å². The quantitative estimate of drug-likeness (QED) is 0.910. The highest BCUT2D eigenvalue weighted by Crippen LogP contribution is 2.37. The summed E-state index contributed by atoms with van der Waals surface area (Å²) in [6.45, 7) is 12.6. The van der Waals surface area contributed by atoms with Crippen LogP contribution in [-0.4, -0.2) is 30.1 Å². The molecule has 1 saturated heterocycles. The van der Waals surface area contributed by atoms with E-state index >= 15 is 0 Å². The number of nitrogens with one attached hydrogen (secondary N) is 1. The zero-order valence-corrected chi connectivity index (χ0v) is 14.1. The first kappa shape index (κ1) is 15.1. The molecule has 116 valence electrons. The van der Waals surface area contributed by atoms with Crippen LogP contribution in [0.2, 0.25) is 0 Å². The van der Waals surface area contributed by atoms with Gasteiger partial charge in [-0.1, -0.05) is 24.6 Å². The van der Waals surface area contributed by atoms with Crippen LogP contribution in [0.1, 0.15) is 48.4 Å². The Hall–Kier alpha value is -0.860. The average molecular weight is 286 g/mol. The van der Waals surface area contributed by atoms with Gasteiger partial charge in [0.25, 0.3) is 0 Å². The maximum Gasteiger partial charge on any atom is 0.0253 e. The standard InChI is InChI=1S/C19H30N2/c1-5-17-11-21(19(10-20-17)16-6-7-16)12-18-14(3)8-13(2)9-15(18)4/h8-9,16-17,19-20H,5-7,10-12H2,1-4H3. The molecule has 2 unspecified atom stereocenters. The zero-order chi connectivity index (χ0) is 15.0. The molecule has 1 heterocycles. The largest absolute Gasteiger partial charge is 0.311 e. The van der Waals surface area contributed by atoms with Crippen molar-refractivity contribution in [2.24, 2.45) is 5.92 Å². The van der Waals surface area contributed by atoms with E-state index in [1.54, 1.807) is 5.56 Å². The summed E-state index contributed by atoms with van der Waals surface area (Å²) in [5.74, 6) is 0.946. The average Bonchev–Trinajstić information content (AvgIpc) is 3.27. The van der Waals surface area contributed by atoms with Crippen LogP contribution in [-0.2, 0) is 6.54 Å². The van der Waals surface area contributed by atoms with Gasteiger partial charge < -0.3 is 5.32 Å². The van der Waals surface area contributed by atoms with Gasteiger partial charge in [0.2, 0.25) is 0 Å². The predicted molar refractivity (Wildman–Crippen MR) is 89.7 cm³/mol. The highest BCUT2D eigenvalue weighted by molar-refractivity contribution is 5.37. The van der Waals surface area contributed by atoms with Crippen LogP contribution in [0, 0.1) is 26.7 Å². The van der Waals surface area contributed by atoms with Crippen LogP contribution < -0.4 is 5.32 Å². The summed E-state index contributed by atoms with van der Waals surface area (Å²) >= 11 is 0. The van der Waals surface area contributed by atoms with Crippen molar-refractivity contribution in [1.29, 1.82) is 0 Å². The van der Waals surface area contributed by atoms with Crippen molar-refractivity contribution in [1.82, 2.24) is 10.2 Å².